The molecule has 1 aromatic heterocycles. The zero-order chi connectivity index (χ0) is 13.7. The van der Waals surface area contributed by atoms with Gasteiger partial charge in [0, 0.05) is 18.3 Å². The topological polar surface area (TPSA) is 56.2 Å². The Bertz CT molecular complexity index is 564. The lowest BCUT2D eigenvalue weighted by molar-refractivity contribution is -0.105. The van der Waals surface area contributed by atoms with Gasteiger partial charge in [0.15, 0.2) is 0 Å². The van der Waals surface area contributed by atoms with Gasteiger partial charge in [-0.2, -0.15) is 5.10 Å². The van der Waals surface area contributed by atoms with Crippen molar-refractivity contribution < 1.29 is 9.53 Å². The van der Waals surface area contributed by atoms with Crippen LogP contribution in [0.15, 0.2) is 30.6 Å². The molecule has 0 spiro atoms. The second-order valence-corrected chi connectivity index (χ2v) is 4.17. The molecule has 0 fully saturated rings. The number of amides is 1. The number of aryl methyl sites for hydroxylation is 1. The highest BCUT2D eigenvalue weighted by Gasteiger charge is 2.07. The largest absolute Gasteiger partial charge is 0.495 e. The first-order valence-corrected chi connectivity index (χ1v) is 6.19. The highest BCUT2D eigenvalue weighted by atomic mass is 16.5. The summed E-state index contributed by atoms with van der Waals surface area (Å²) in [7, 11) is 1.58. The number of nitrogens with one attached hydrogen (secondary N) is 1. The van der Waals surface area contributed by atoms with Gasteiger partial charge in [0.2, 0.25) is 6.41 Å². The number of anilines is 1. The Balaban J connectivity index is 2.31. The molecule has 0 aliphatic carbocycles. The monoisotopic (exact) mass is 259 g/mol. The van der Waals surface area contributed by atoms with E-state index in [1.54, 1.807) is 7.11 Å². The summed E-state index contributed by atoms with van der Waals surface area (Å²) in [6.07, 6.45) is 5.52. The summed E-state index contributed by atoms with van der Waals surface area (Å²) in [4.78, 5) is 10.5. The van der Waals surface area contributed by atoms with Crippen molar-refractivity contribution in [3.63, 3.8) is 0 Å². The Morgan fingerprint density at radius 3 is 2.95 bits per heavy atom. The number of methoxy groups -OCH3 is 1. The van der Waals surface area contributed by atoms with Crippen molar-refractivity contribution in [1.29, 1.82) is 0 Å². The standard InChI is InChI=1S/C14H17N3O2/c1-3-6-17-9-12(8-16-17)11-4-5-13(15-10-18)14(7-11)19-2/h4-5,7-10H,3,6H2,1-2H3,(H,15,18). The lowest BCUT2D eigenvalue weighted by atomic mass is 10.1. The lowest BCUT2D eigenvalue weighted by Crippen LogP contribution is -1.97. The minimum Gasteiger partial charge on any atom is -0.495 e. The Labute approximate surface area is 112 Å². The Hall–Kier alpha value is -2.30. The molecule has 100 valence electrons. The van der Waals surface area contributed by atoms with Crippen molar-refractivity contribution in [2.24, 2.45) is 0 Å². The van der Waals surface area contributed by atoms with Gasteiger partial charge in [-0.05, 0) is 24.1 Å². The summed E-state index contributed by atoms with van der Waals surface area (Å²) in [5.41, 5.74) is 2.70. The zero-order valence-corrected chi connectivity index (χ0v) is 11.1. The second kappa shape index (κ2) is 6.04. The summed E-state index contributed by atoms with van der Waals surface area (Å²) in [6.45, 7) is 3.02. The van der Waals surface area contributed by atoms with Crippen LogP contribution in [0.1, 0.15) is 13.3 Å². The van der Waals surface area contributed by atoms with E-state index in [1.807, 2.05) is 35.3 Å². The molecular weight excluding hydrogens is 242 g/mol. The van der Waals surface area contributed by atoms with Gasteiger partial charge in [0.05, 0.1) is 19.0 Å². The molecule has 19 heavy (non-hydrogen) atoms. The average Bonchev–Trinajstić information content (AvgIpc) is 2.88. The van der Waals surface area contributed by atoms with Crippen LogP contribution in [0.25, 0.3) is 11.1 Å². The van der Waals surface area contributed by atoms with Gasteiger partial charge in [-0.1, -0.05) is 13.0 Å². The second-order valence-electron chi connectivity index (χ2n) is 4.17. The molecule has 0 saturated heterocycles. The molecule has 5 nitrogen and oxygen atoms in total. The van der Waals surface area contributed by atoms with Crippen LogP contribution in [0.5, 0.6) is 5.75 Å². The van der Waals surface area contributed by atoms with Gasteiger partial charge in [0.25, 0.3) is 0 Å². The summed E-state index contributed by atoms with van der Waals surface area (Å²) < 4.78 is 7.18. The van der Waals surface area contributed by atoms with Gasteiger partial charge in [0.1, 0.15) is 5.75 Å². The summed E-state index contributed by atoms with van der Waals surface area (Å²) in [5.74, 6) is 0.632. The molecule has 0 aliphatic rings. The quantitative estimate of drug-likeness (QED) is 0.811. The molecule has 0 atom stereocenters. The zero-order valence-electron chi connectivity index (χ0n) is 11.1. The van der Waals surface area contributed by atoms with Crippen LogP contribution in [0.4, 0.5) is 5.69 Å². The van der Waals surface area contributed by atoms with Gasteiger partial charge < -0.3 is 10.1 Å². The number of aromatic nitrogens is 2. The molecule has 0 aliphatic heterocycles. The van der Waals surface area contributed by atoms with E-state index < -0.39 is 0 Å². The van der Waals surface area contributed by atoms with E-state index in [2.05, 4.69) is 17.3 Å². The van der Waals surface area contributed by atoms with Gasteiger partial charge >= 0.3 is 0 Å². The van der Waals surface area contributed by atoms with Crippen molar-refractivity contribution in [1.82, 2.24) is 9.78 Å². The van der Waals surface area contributed by atoms with E-state index in [-0.39, 0.29) is 0 Å². The molecule has 0 radical (unpaired) electrons. The fourth-order valence-electron chi connectivity index (χ4n) is 1.92. The van der Waals surface area contributed by atoms with Crippen LogP contribution < -0.4 is 10.1 Å². The van der Waals surface area contributed by atoms with Crippen molar-refractivity contribution in [2.45, 2.75) is 19.9 Å². The Morgan fingerprint density at radius 1 is 1.42 bits per heavy atom. The highest BCUT2D eigenvalue weighted by molar-refractivity contribution is 5.78. The third-order valence-electron chi connectivity index (χ3n) is 2.84. The van der Waals surface area contributed by atoms with Crippen molar-refractivity contribution in [3.8, 4) is 16.9 Å². The predicted octanol–water partition coefficient (Wildman–Crippen LogP) is 2.54. The summed E-state index contributed by atoms with van der Waals surface area (Å²) in [6, 6.07) is 5.64. The number of rotatable bonds is 6. The summed E-state index contributed by atoms with van der Waals surface area (Å²) >= 11 is 0. The number of hydrogen-bond acceptors (Lipinski definition) is 3. The third-order valence-corrected chi connectivity index (χ3v) is 2.84. The number of carbonyl (C=O) groups is 1. The highest BCUT2D eigenvalue weighted by Crippen LogP contribution is 2.30. The molecule has 5 heteroatoms. The first kappa shape index (κ1) is 13.1. The molecule has 0 unspecified atom stereocenters. The maximum absolute atomic E-state index is 10.5. The van der Waals surface area contributed by atoms with Crippen LogP contribution in [-0.2, 0) is 11.3 Å². The van der Waals surface area contributed by atoms with E-state index in [1.165, 1.54) is 0 Å². The lowest BCUT2D eigenvalue weighted by Gasteiger charge is -2.08. The van der Waals surface area contributed by atoms with Crippen molar-refractivity contribution >= 4 is 12.1 Å². The van der Waals surface area contributed by atoms with E-state index >= 15 is 0 Å². The minimum atomic E-state index is 0.632. The fraction of sp³-hybridized carbons (Fsp3) is 0.286. The molecule has 0 saturated carbocycles. The third kappa shape index (κ3) is 2.93. The normalized spacial score (nSPS) is 10.2. The number of benzene rings is 1. The van der Waals surface area contributed by atoms with E-state index in [0.29, 0.717) is 17.8 Å². The summed E-state index contributed by atoms with van der Waals surface area (Å²) in [5, 5.41) is 6.91. The van der Waals surface area contributed by atoms with Crippen LogP contribution >= 0.6 is 0 Å². The van der Waals surface area contributed by atoms with Crippen molar-refractivity contribution in [3.05, 3.63) is 30.6 Å². The minimum absolute atomic E-state index is 0.632. The van der Waals surface area contributed by atoms with Crippen LogP contribution in [-0.4, -0.2) is 23.3 Å². The molecule has 2 aromatic rings. The maximum atomic E-state index is 10.5. The molecule has 2 rings (SSSR count). The van der Waals surface area contributed by atoms with Gasteiger partial charge in [-0.15, -0.1) is 0 Å². The molecule has 1 amide bonds. The first-order chi connectivity index (χ1) is 9.28. The van der Waals surface area contributed by atoms with Gasteiger partial charge in [-0.25, -0.2) is 0 Å². The smallest absolute Gasteiger partial charge is 0.211 e. The molecule has 1 N–H and O–H groups in total. The molecule has 1 aromatic carbocycles. The molecule has 1 heterocycles. The average molecular weight is 259 g/mol. The number of ether oxygens (including phenoxy) is 1. The van der Waals surface area contributed by atoms with Crippen LogP contribution in [0, 0.1) is 0 Å². The van der Waals surface area contributed by atoms with E-state index in [9.17, 15) is 4.79 Å². The number of carbonyl (C=O) groups excluding carboxylic acids is 1. The predicted molar refractivity (Wildman–Crippen MR) is 74.2 cm³/mol. The van der Waals surface area contributed by atoms with E-state index in [0.717, 1.165) is 24.1 Å². The Kier molecular flexibility index (Phi) is 4.18. The molecule has 0 bridgehead atoms. The SMILES string of the molecule is CCCn1cc(-c2ccc(NC=O)c(OC)c2)cn1. The van der Waals surface area contributed by atoms with Crippen LogP contribution in [0.3, 0.4) is 0 Å². The number of nitrogens with zero attached hydrogens (tertiary/aromatic N) is 2. The van der Waals surface area contributed by atoms with Crippen LogP contribution in [0.2, 0.25) is 0 Å². The fourth-order valence-corrected chi connectivity index (χ4v) is 1.92. The Morgan fingerprint density at radius 2 is 2.26 bits per heavy atom. The van der Waals surface area contributed by atoms with Crippen molar-refractivity contribution in [2.75, 3.05) is 12.4 Å². The maximum Gasteiger partial charge on any atom is 0.211 e. The number of hydrogen-bond donors (Lipinski definition) is 1. The van der Waals surface area contributed by atoms with E-state index in [4.69, 9.17) is 4.74 Å². The molecular formula is C14H17N3O2. The van der Waals surface area contributed by atoms with Gasteiger partial charge in [-0.3, -0.25) is 9.48 Å². The first-order valence-electron chi connectivity index (χ1n) is 6.19.